The molecule has 2 rings (SSSR count). The van der Waals surface area contributed by atoms with Crippen molar-refractivity contribution >= 4 is 28.7 Å². The molecule has 1 heterocycles. The van der Waals surface area contributed by atoms with Crippen molar-refractivity contribution < 1.29 is 14.4 Å². The van der Waals surface area contributed by atoms with E-state index >= 15 is 0 Å². The van der Waals surface area contributed by atoms with Crippen LogP contribution in [0.25, 0.3) is 0 Å². The Bertz CT molecular complexity index is 424. The van der Waals surface area contributed by atoms with Crippen LogP contribution in [0.4, 0.5) is 0 Å². The molecule has 0 aromatic heterocycles. The van der Waals surface area contributed by atoms with Crippen molar-refractivity contribution in [1.29, 1.82) is 0 Å². The van der Waals surface area contributed by atoms with Crippen LogP contribution in [0.1, 0.15) is 10.4 Å². The Labute approximate surface area is 96.9 Å². The molecule has 0 bridgehead atoms. The number of hydrogen-bond donors (Lipinski definition) is 1. The summed E-state index contributed by atoms with van der Waals surface area (Å²) in [4.78, 5) is 30.5. The van der Waals surface area contributed by atoms with Crippen LogP contribution in [0.5, 0.6) is 0 Å². The molecule has 2 amide bonds. The lowest BCUT2D eigenvalue weighted by molar-refractivity contribution is -0.123. The fourth-order valence-electron chi connectivity index (χ4n) is 0.925. The standard InChI is InChI=1S/C7H5ClO.C4H3NO2/c8-7(9)6-4-2-1-3-5-6;6-3-1-2-4(7)5-3/h1-5H;1-2H,(H,5,6,7). The maximum atomic E-state index is 10.4. The normalized spacial score (nSPS) is 12.8. The van der Waals surface area contributed by atoms with Gasteiger partial charge in [-0.05, 0) is 11.6 Å². The van der Waals surface area contributed by atoms with E-state index in [1.165, 1.54) is 12.2 Å². The summed E-state index contributed by atoms with van der Waals surface area (Å²) in [6, 6.07) is 8.74. The fourth-order valence-corrected chi connectivity index (χ4v) is 1.05. The van der Waals surface area contributed by atoms with Gasteiger partial charge in [0.15, 0.2) is 0 Å². The molecule has 4 nitrogen and oxygen atoms in total. The first-order chi connectivity index (χ1) is 7.59. The summed E-state index contributed by atoms with van der Waals surface area (Å²) in [5.74, 6) is -0.657. The van der Waals surface area contributed by atoms with Crippen LogP contribution in [0.2, 0.25) is 0 Å². The van der Waals surface area contributed by atoms with E-state index in [-0.39, 0.29) is 11.8 Å². The molecule has 5 heteroatoms. The van der Waals surface area contributed by atoms with Crippen LogP contribution >= 0.6 is 11.6 Å². The van der Waals surface area contributed by atoms with E-state index in [1.54, 1.807) is 24.3 Å². The molecule has 0 saturated carbocycles. The predicted octanol–water partition coefficient (Wildman–Crippen LogP) is 1.26. The average molecular weight is 238 g/mol. The lowest BCUT2D eigenvalue weighted by Crippen LogP contribution is -2.19. The van der Waals surface area contributed by atoms with E-state index in [0.717, 1.165) is 0 Å². The van der Waals surface area contributed by atoms with E-state index in [9.17, 15) is 14.4 Å². The van der Waals surface area contributed by atoms with Crippen LogP contribution < -0.4 is 5.32 Å². The van der Waals surface area contributed by atoms with E-state index < -0.39 is 5.24 Å². The summed E-state index contributed by atoms with van der Waals surface area (Å²) in [6.07, 6.45) is 2.39. The molecular formula is C11H8ClNO3. The first-order valence-corrected chi connectivity index (χ1v) is 4.75. The van der Waals surface area contributed by atoms with Gasteiger partial charge in [-0.15, -0.1) is 0 Å². The van der Waals surface area contributed by atoms with Gasteiger partial charge in [0.25, 0.3) is 17.1 Å². The second kappa shape index (κ2) is 5.82. The Balaban J connectivity index is 0.000000165. The molecule has 1 aliphatic heterocycles. The molecule has 1 aliphatic rings. The van der Waals surface area contributed by atoms with Crippen molar-refractivity contribution in [3.8, 4) is 0 Å². The summed E-state index contributed by atoms with van der Waals surface area (Å²) < 4.78 is 0. The molecule has 1 aromatic rings. The summed E-state index contributed by atoms with van der Waals surface area (Å²) in [5.41, 5.74) is 0.541. The topological polar surface area (TPSA) is 63.2 Å². The predicted molar refractivity (Wildman–Crippen MR) is 58.9 cm³/mol. The van der Waals surface area contributed by atoms with Gasteiger partial charge in [0.1, 0.15) is 0 Å². The largest absolute Gasteiger partial charge is 0.289 e. The van der Waals surface area contributed by atoms with Crippen molar-refractivity contribution in [2.24, 2.45) is 0 Å². The van der Waals surface area contributed by atoms with Crippen LogP contribution in [0.15, 0.2) is 42.5 Å². The Morgan fingerprint density at radius 2 is 1.50 bits per heavy atom. The summed E-state index contributed by atoms with van der Waals surface area (Å²) in [6.45, 7) is 0. The molecule has 1 N–H and O–H groups in total. The second-order valence-electron chi connectivity index (χ2n) is 2.83. The van der Waals surface area contributed by atoms with Gasteiger partial charge in [0.2, 0.25) is 0 Å². The van der Waals surface area contributed by atoms with Gasteiger partial charge in [0.05, 0.1) is 0 Å². The molecule has 16 heavy (non-hydrogen) atoms. The number of carbonyl (C=O) groups excluding carboxylic acids is 3. The highest BCUT2D eigenvalue weighted by Gasteiger charge is 2.06. The third-order valence-electron chi connectivity index (χ3n) is 1.63. The summed E-state index contributed by atoms with van der Waals surface area (Å²) in [5, 5.41) is 1.62. The SMILES string of the molecule is O=C(Cl)c1ccccc1.O=C1C=CC(=O)N1. The lowest BCUT2D eigenvalue weighted by atomic mass is 10.2. The van der Waals surface area contributed by atoms with Crippen LogP contribution in [-0.4, -0.2) is 17.1 Å². The maximum absolute atomic E-state index is 10.4. The molecular weight excluding hydrogens is 230 g/mol. The van der Waals surface area contributed by atoms with Gasteiger partial charge in [-0.25, -0.2) is 0 Å². The highest BCUT2D eigenvalue weighted by Crippen LogP contribution is 2.01. The molecule has 0 aliphatic carbocycles. The zero-order valence-electron chi connectivity index (χ0n) is 8.14. The minimum atomic E-state index is -0.407. The van der Waals surface area contributed by atoms with Crippen molar-refractivity contribution in [1.82, 2.24) is 5.32 Å². The molecule has 0 atom stereocenters. The highest BCUT2D eigenvalue weighted by atomic mass is 35.5. The average Bonchev–Trinajstić information content (AvgIpc) is 2.65. The van der Waals surface area contributed by atoms with E-state index in [4.69, 9.17) is 11.6 Å². The van der Waals surface area contributed by atoms with Crippen LogP contribution in [0.3, 0.4) is 0 Å². The lowest BCUT2D eigenvalue weighted by Gasteiger charge is -1.87. The number of hydrogen-bond acceptors (Lipinski definition) is 3. The monoisotopic (exact) mass is 237 g/mol. The quantitative estimate of drug-likeness (QED) is 0.591. The number of benzene rings is 1. The second-order valence-corrected chi connectivity index (χ2v) is 3.17. The zero-order chi connectivity index (χ0) is 12.0. The number of amides is 2. The van der Waals surface area contributed by atoms with E-state index in [1.807, 2.05) is 11.4 Å². The molecule has 0 spiro atoms. The third kappa shape index (κ3) is 4.06. The first-order valence-electron chi connectivity index (χ1n) is 4.37. The van der Waals surface area contributed by atoms with Crippen molar-refractivity contribution in [3.05, 3.63) is 48.0 Å². The number of nitrogens with one attached hydrogen (secondary N) is 1. The summed E-state index contributed by atoms with van der Waals surface area (Å²) >= 11 is 5.16. The number of halogens is 1. The molecule has 0 fully saturated rings. The molecule has 82 valence electrons. The Morgan fingerprint density at radius 1 is 1.00 bits per heavy atom. The Kier molecular flexibility index (Phi) is 4.42. The van der Waals surface area contributed by atoms with Crippen molar-refractivity contribution in [2.45, 2.75) is 0 Å². The highest BCUT2D eigenvalue weighted by molar-refractivity contribution is 6.67. The van der Waals surface area contributed by atoms with Gasteiger partial charge in [-0.3, -0.25) is 19.7 Å². The zero-order valence-corrected chi connectivity index (χ0v) is 8.90. The van der Waals surface area contributed by atoms with Gasteiger partial charge >= 0.3 is 0 Å². The number of imide groups is 1. The minimum absolute atomic E-state index is 0.329. The number of carbonyl (C=O) groups is 3. The van der Waals surface area contributed by atoms with Gasteiger partial charge < -0.3 is 0 Å². The Morgan fingerprint density at radius 3 is 1.75 bits per heavy atom. The smallest absolute Gasteiger partial charge is 0.252 e. The molecule has 0 radical (unpaired) electrons. The van der Waals surface area contributed by atoms with Crippen molar-refractivity contribution in [2.75, 3.05) is 0 Å². The summed E-state index contributed by atoms with van der Waals surface area (Å²) in [7, 11) is 0. The molecule has 0 unspecified atom stereocenters. The van der Waals surface area contributed by atoms with Crippen LogP contribution in [-0.2, 0) is 9.59 Å². The minimum Gasteiger partial charge on any atom is -0.289 e. The third-order valence-corrected chi connectivity index (χ3v) is 1.85. The fraction of sp³-hybridized carbons (Fsp3) is 0. The van der Waals surface area contributed by atoms with Crippen LogP contribution in [0, 0.1) is 0 Å². The van der Waals surface area contributed by atoms with Gasteiger partial charge in [-0.2, -0.15) is 0 Å². The number of rotatable bonds is 1. The van der Waals surface area contributed by atoms with Crippen molar-refractivity contribution in [3.63, 3.8) is 0 Å². The Hall–Kier alpha value is -1.94. The van der Waals surface area contributed by atoms with Gasteiger partial charge in [0, 0.05) is 17.7 Å². The van der Waals surface area contributed by atoms with E-state index in [2.05, 4.69) is 0 Å². The maximum Gasteiger partial charge on any atom is 0.252 e. The van der Waals surface area contributed by atoms with Gasteiger partial charge in [-0.1, -0.05) is 30.3 Å². The molecule has 0 saturated heterocycles. The molecule has 1 aromatic carbocycles. The first kappa shape index (κ1) is 12.1. The van der Waals surface area contributed by atoms with E-state index in [0.29, 0.717) is 5.56 Å².